The van der Waals surface area contributed by atoms with Crippen LogP contribution in [0.25, 0.3) is 0 Å². The van der Waals surface area contributed by atoms with E-state index in [2.05, 4.69) is 0 Å². The molecule has 0 aliphatic carbocycles. The van der Waals surface area contributed by atoms with Gasteiger partial charge >= 0.3 is 0 Å². The van der Waals surface area contributed by atoms with Gasteiger partial charge < -0.3 is 4.74 Å². The van der Waals surface area contributed by atoms with Gasteiger partial charge in [-0.2, -0.15) is 0 Å². The Balaban J connectivity index is 3.43. The Hall–Kier alpha value is -0.560. The molecule has 0 radical (unpaired) electrons. The van der Waals surface area contributed by atoms with Crippen molar-refractivity contribution in [2.45, 2.75) is 20.0 Å². The predicted octanol–water partition coefficient (Wildman–Crippen LogP) is 2.15. The molecule has 1 nitrogen and oxygen atoms in total. The van der Waals surface area contributed by atoms with Crippen molar-refractivity contribution in [3.8, 4) is 0 Å². The highest BCUT2D eigenvalue weighted by molar-refractivity contribution is 5.02. The Bertz CT molecular complexity index is 103. The molecule has 0 fully saturated rings. The summed E-state index contributed by atoms with van der Waals surface area (Å²) in [6.07, 6.45) is 8.17. The van der Waals surface area contributed by atoms with Gasteiger partial charge in [0.25, 0.3) is 0 Å². The fourth-order valence-electron chi connectivity index (χ4n) is 0.410. The Morgan fingerprint density at radius 2 is 2.00 bits per heavy atom. The van der Waals surface area contributed by atoms with Crippen LogP contribution in [-0.4, -0.2) is 13.2 Å². The molecular weight excluding hydrogens is 112 g/mol. The first-order chi connectivity index (χ1) is 4.31. The molecule has 0 aromatic carbocycles. The third-order valence-electron chi connectivity index (χ3n) is 1.06. The highest BCUT2D eigenvalue weighted by Crippen LogP contribution is 1.89. The standard InChI is InChI=1S/C8H14O/c1-4-5-6-7-8(2)9-3/h4-8H,1-3H3/b5-4+,7-6+. The lowest BCUT2D eigenvalue weighted by atomic mass is 10.3. The SMILES string of the molecule is C/C=C/C=C/C(C)OC. The number of rotatable bonds is 3. The zero-order valence-corrected chi connectivity index (χ0v) is 6.29. The molecule has 0 aromatic heterocycles. The maximum atomic E-state index is 4.98. The molecule has 0 N–H and O–H groups in total. The van der Waals surface area contributed by atoms with E-state index in [0.29, 0.717) is 0 Å². The number of ether oxygens (including phenoxy) is 1. The summed E-state index contributed by atoms with van der Waals surface area (Å²) in [4.78, 5) is 0. The summed E-state index contributed by atoms with van der Waals surface area (Å²) in [5.74, 6) is 0. The smallest absolute Gasteiger partial charge is 0.0726 e. The van der Waals surface area contributed by atoms with Gasteiger partial charge in [0.1, 0.15) is 0 Å². The molecule has 1 heteroatoms. The van der Waals surface area contributed by atoms with Crippen LogP contribution in [0.15, 0.2) is 24.3 Å². The van der Waals surface area contributed by atoms with E-state index in [1.165, 1.54) is 0 Å². The van der Waals surface area contributed by atoms with Gasteiger partial charge in [0.05, 0.1) is 6.10 Å². The third-order valence-corrected chi connectivity index (χ3v) is 1.06. The number of hydrogen-bond acceptors (Lipinski definition) is 1. The van der Waals surface area contributed by atoms with Crippen molar-refractivity contribution in [2.75, 3.05) is 7.11 Å². The van der Waals surface area contributed by atoms with Crippen LogP contribution < -0.4 is 0 Å². The molecule has 0 spiro atoms. The van der Waals surface area contributed by atoms with Gasteiger partial charge in [-0.1, -0.05) is 24.3 Å². The quantitative estimate of drug-likeness (QED) is 0.526. The summed E-state index contributed by atoms with van der Waals surface area (Å²) >= 11 is 0. The first-order valence-corrected chi connectivity index (χ1v) is 3.13. The molecule has 0 amide bonds. The van der Waals surface area contributed by atoms with Gasteiger partial charge in [-0.25, -0.2) is 0 Å². The van der Waals surface area contributed by atoms with Crippen molar-refractivity contribution < 1.29 is 4.74 Å². The summed E-state index contributed by atoms with van der Waals surface area (Å²) < 4.78 is 4.98. The zero-order chi connectivity index (χ0) is 7.11. The van der Waals surface area contributed by atoms with Crippen LogP contribution in [0.3, 0.4) is 0 Å². The largest absolute Gasteiger partial charge is 0.378 e. The predicted molar refractivity (Wildman–Crippen MR) is 40.4 cm³/mol. The van der Waals surface area contributed by atoms with E-state index in [1.807, 2.05) is 38.2 Å². The fraction of sp³-hybridized carbons (Fsp3) is 0.500. The lowest BCUT2D eigenvalue weighted by molar-refractivity contribution is 0.156. The van der Waals surface area contributed by atoms with Gasteiger partial charge in [0.15, 0.2) is 0 Å². The lowest BCUT2D eigenvalue weighted by Crippen LogP contribution is -1.97. The fourth-order valence-corrected chi connectivity index (χ4v) is 0.410. The summed E-state index contributed by atoms with van der Waals surface area (Å²) in [5, 5.41) is 0. The Kier molecular flexibility index (Phi) is 5.23. The number of methoxy groups -OCH3 is 1. The van der Waals surface area contributed by atoms with Crippen LogP contribution in [0.1, 0.15) is 13.8 Å². The van der Waals surface area contributed by atoms with E-state index in [1.54, 1.807) is 7.11 Å². The Morgan fingerprint density at radius 1 is 1.33 bits per heavy atom. The molecule has 0 aliphatic rings. The minimum Gasteiger partial charge on any atom is -0.378 e. The van der Waals surface area contributed by atoms with E-state index >= 15 is 0 Å². The zero-order valence-electron chi connectivity index (χ0n) is 6.29. The summed E-state index contributed by atoms with van der Waals surface area (Å²) in [5.41, 5.74) is 0. The normalized spacial score (nSPS) is 15.4. The van der Waals surface area contributed by atoms with Gasteiger partial charge in [-0.15, -0.1) is 0 Å². The topological polar surface area (TPSA) is 9.23 Å². The lowest BCUT2D eigenvalue weighted by Gasteiger charge is -1.99. The van der Waals surface area contributed by atoms with Crippen molar-refractivity contribution in [2.24, 2.45) is 0 Å². The van der Waals surface area contributed by atoms with Crippen LogP contribution in [0.4, 0.5) is 0 Å². The van der Waals surface area contributed by atoms with Crippen LogP contribution in [0, 0.1) is 0 Å². The summed E-state index contributed by atoms with van der Waals surface area (Å²) in [6.45, 7) is 3.99. The second-order valence-corrected chi connectivity index (χ2v) is 1.85. The van der Waals surface area contributed by atoms with E-state index in [4.69, 9.17) is 4.74 Å². The summed E-state index contributed by atoms with van der Waals surface area (Å²) in [7, 11) is 1.70. The van der Waals surface area contributed by atoms with E-state index in [9.17, 15) is 0 Å². The van der Waals surface area contributed by atoms with Crippen LogP contribution in [0.5, 0.6) is 0 Å². The van der Waals surface area contributed by atoms with Crippen molar-refractivity contribution in [1.29, 1.82) is 0 Å². The van der Waals surface area contributed by atoms with E-state index in [0.717, 1.165) is 0 Å². The molecule has 0 bridgehead atoms. The molecule has 0 saturated carbocycles. The van der Waals surface area contributed by atoms with Crippen LogP contribution in [-0.2, 0) is 4.74 Å². The Morgan fingerprint density at radius 3 is 2.44 bits per heavy atom. The van der Waals surface area contributed by atoms with Crippen molar-refractivity contribution in [3.05, 3.63) is 24.3 Å². The molecule has 1 unspecified atom stereocenters. The average Bonchev–Trinajstić information content (AvgIpc) is 1.89. The molecule has 0 aliphatic heterocycles. The van der Waals surface area contributed by atoms with E-state index < -0.39 is 0 Å². The maximum absolute atomic E-state index is 4.98. The second kappa shape index (κ2) is 5.57. The van der Waals surface area contributed by atoms with Crippen molar-refractivity contribution in [3.63, 3.8) is 0 Å². The second-order valence-electron chi connectivity index (χ2n) is 1.85. The minimum atomic E-state index is 0.223. The van der Waals surface area contributed by atoms with Crippen LogP contribution >= 0.6 is 0 Å². The Labute approximate surface area is 57.0 Å². The van der Waals surface area contributed by atoms with Gasteiger partial charge in [0.2, 0.25) is 0 Å². The van der Waals surface area contributed by atoms with Gasteiger partial charge in [0, 0.05) is 7.11 Å². The highest BCUT2D eigenvalue weighted by Gasteiger charge is 1.86. The number of allylic oxidation sites excluding steroid dienone is 3. The molecule has 1 atom stereocenters. The monoisotopic (exact) mass is 126 g/mol. The van der Waals surface area contributed by atoms with Gasteiger partial charge in [-0.3, -0.25) is 0 Å². The van der Waals surface area contributed by atoms with Crippen molar-refractivity contribution in [1.82, 2.24) is 0 Å². The molecule has 0 heterocycles. The van der Waals surface area contributed by atoms with E-state index in [-0.39, 0.29) is 6.10 Å². The van der Waals surface area contributed by atoms with Gasteiger partial charge in [-0.05, 0) is 13.8 Å². The molecule has 9 heavy (non-hydrogen) atoms. The minimum absolute atomic E-state index is 0.223. The first kappa shape index (κ1) is 8.44. The van der Waals surface area contributed by atoms with Crippen LogP contribution in [0.2, 0.25) is 0 Å². The maximum Gasteiger partial charge on any atom is 0.0726 e. The average molecular weight is 126 g/mol. The molecular formula is C8H14O. The highest BCUT2D eigenvalue weighted by atomic mass is 16.5. The van der Waals surface area contributed by atoms with Crippen molar-refractivity contribution >= 4 is 0 Å². The molecule has 0 aromatic rings. The molecule has 52 valence electrons. The molecule has 0 rings (SSSR count). The third kappa shape index (κ3) is 5.31. The molecule has 0 saturated heterocycles. The summed E-state index contributed by atoms with van der Waals surface area (Å²) in [6, 6.07) is 0. The number of hydrogen-bond donors (Lipinski definition) is 0. The first-order valence-electron chi connectivity index (χ1n) is 3.13.